The maximum Gasteiger partial charge on any atom is 0.262 e. The fourth-order valence-corrected chi connectivity index (χ4v) is 2.58. The van der Waals surface area contributed by atoms with Crippen LogP contribution >= 0.6 is 0 Å². The van der Waals surface area contributed by atoms with Gasteiger partial charge in [0.2, 0.25) is 0 Å². The standard InChI is InChI=1S/C17H26N2O2/c1-3-4-5-6-7-8-13(2)18-14-9-10-16-15(11-14)19-17(20)12-21-16/h9-11,13,18H,3-8,12H2,1-2H3,(H,19,20). The van der Waals surface area contributed by atoms with Gasteiger partial charge in [0.1, 0.15) is 5.75 Å². The number of benzene rings is 1. The van der Waals surface area contributed by atoms with Crippen molar-refractivity contribution in [1.82, 2.24) is 0 Å². The molecule has 1 aromatic carbocycles. The van der Waals surface area contributed by atoms with E-state index in [-0.39, 0.29) is 12.5 Å². The molecule has 4 heteroatoms. The number of fused-ring (bicyclic) bond motifs is 1. The van der Waals surface area contributed by atoms with Crippen molar-refractivity contribution in [2.24, 2.45) is 0 Å². The lowest BCUT2D eigenvalue weighted by Crippen LogP contribution is -2.25. The lowest BCUT2D eigenvalue weighted by atomic mass is 10.1. The Kier molecular flexibility index (Phi) is 5.90. The molecule has 0 fully saturated rings. The number of unbranched alkanes of at least 4 members (excludes halogenated alkanes) is 4. The van der Waals surface area contributed by atoms with E-state index in [4.69, 9.17) is 4.74 Å². The maximum absolute atomic E-state index is 11.3. The van der Waals surface area contributed by atoms with Crippen molar-refractivity contribution in [3.05, 3.63) is 18.2 Å². The van der Waals surface area contributed by atoms with Crippen LogP contribution in [0, 0.1) is 0 Å². The normalized spacial score (nSPS) is 14.9. The van der Waals surface area contributed by atoms with Gasteiger partial charge < -0.3 is 15.4 Å². The Hall–Kier alpha value is -1.71. The quantitative estimate of drug-likeness (QED) is 0.706. The van der Waals surface area contributed by atoms with Crippen LogP contribution in [-0.4, -0.2) is 18.6 Å². The van der Waals surface area contributed by atoms with E-state index in [0.717, 1.165) is 17.1 Å². The molecule has 116 valence electrons. The highest BCUT2D eigenvalue weighted by atomic mass is 16.5. The number of amides is 1. The summed E-state index contributed by atoms with van der Waals surface area (Å²) in [5.74, 6) is 0.649. The third-order valence-electron chi connectivity index (χ3n) is 3.77. The van der Waals surface area contributed by atoms with Gasteiger partial charge in [0.15, 0.2) is 6.61 Å². The number of hydrogen-bond donors (Lipinski definition) is 2. The second-order valence-electron chi connectivity index (χ2n) is 5.80. The lowest BCUT2D eigenvalue weighted by Gasteiger charge is -2.20. The molecule has 0 aromatic heterocycles. The zero-order valence-electron chi connectivity index (χ0n) is 13.1. The van der Waals surface area contributed by atoms with Gasteiger partial charge in [0.25, 0.3) is 5.91 Å². The SMILES string of the molecule is CCCCCCCC(C)Nc1ccc2c(c1)NC(=O)CO2. The second kappa shape index (κ2) is 7.91. The van der Waals surface area contributed by atoms with E-state index in [9.17, 15) is 4.79 Å². The molecule has 1 aliphatic rings. The highest BCUT2D eigenvalue weighted by Crippen LogP contribution is 2.30. The van der Waals surface area contributed by atoms with Crippen LogP contribution in [0.1, 0.15) is 52.4 Å². The molecule has 1 aromatic rings. The Morgan fingerprint density at radius 3 is 2.90 bits per heavy atom. The molecule has 1 amide bonds. The first-order valence-electron chi connectivity index (χ1n) is 8.02. The molecule has 1 unspecified atom stereocenters. The molecule has 1 aliphatic heterocycles. The molecule has 0 saturated heterocycles. The van der Waals surface area contributed by atoms with Crippen molar-refractivity contribution in [1.29, 1.82) is 0 Å². The minimum Gasteiger partial charge on any atom is -0.482 e. The molecule has 1 atom stereocenters. The Labute approximate surface area is 127 Å². The minimum atomic E-state index is -0.0939. The van der Waals surface area contributed by atoms with Crippen molar-refractivity contribution >= 4 is 17.3 Å². The number of carbonyl (C=O) groups excluding carboxylic acids is 1. The highest BCUT2D eigenvalue weighted by Gasteiger charge is 2.16. The average molecular weight is 290 g/mol. The molecule has 0 aliphatic carbocycles. The Bertz CT molecular complexity index is 474. The summed E-state index contributed by atoms with van der Waals surface area (Å²) in [6.07, 6.45) is 7.71. The number of carbonyl (C=O) groups is 1. The average Bonchev–Trinajstić information content (AvgIpc) is 2.46. The minimum absolute atomic E-state index is 0.0939. The van der Waals surface area contributed by atoms with E-state index < -0.39 is 0 Å². The third kappa shape index (κ3) is 4.96. The van der Waals surface area contributed by atoms with Crippen LogP contribution in [0.15, 0.2) is 18.2 Å². The fourth-order valence-electron chi connectivity index (χ4n) is 2.58. The fraction of sp³-hybridized carbons (Fsp3) is 0.588. The molecule has 21 heavy (non-hydrogen) atoms. The molecule has 2 rings (SSSR count). The van der Waals surface area contributed by atoms with Crippen LogP contribution in [0.5, 0.6) is 5.75 Å². The largest absolute Gasteiger partial charge is 0.482 e. The van der Waals surface area contributed by atoms with E-state index in [1.807, 2.05) is 18.2 Å². The van der Waals surface area contributed by atoms with Crippen LogP contribution in [-0.2, 0) is 4.79 Å². The van der Waals surface area contributed by atoms with Crippen LogP contribution in [0.2, 0.25) is 0 Å². The molecular weight excluding hydrogens is 264 g/mol. The smallest absolute Gasteiger partial charge is 0.262 e. The van der Waals surface area contributed by atoms with E-state index in [1.165, 1.54) is 38.5 Å². The third-order valence-corrected chi connectivity index (χ3v) is 3.77. The molecule has 2 N–H and O–H groups in total. The van der Waals surface area contributed by atoms with Crippen molar-refractivity contribution in [3.8, 4) is 5.75 Å². The Morgan fingerprint density at radius 1 is 1.29 bits per heavy atom. The number of anilines is 2. The first kappa shape index (κ1) is 15.7. The summed E-state index contributed by atoms with van der Waals surface area (Å²) >= 11 is 0. The van der Waals surface area contributed by atoms with E-state index in [2.05, 4.69) is 24.5 Å². The summed E-state index contributed by atoms with van der Waals surface area (Å²) in [5.41, 5.74) is 1.78. The summed E-state index contributed by atoms with van der Waals surface area (Å²) in [6.45, 7) is 4.55. The summed E-state index contributed by atoms with van der Waals surface area (Å²) in [6, 6.07) is 6.29. The van der Waals surface area contributed by atoms with Gasteiger partial charge in [0.05, 0.1) is 5.69 Å². The molecule has 0 saturated carbocycles. The number of ether oxygens (including phenoxy) is 1. The predicted octanol–water partition coefficient (Wildman–Crippen LogP) is 4.18. The van der Waals surface area contributed by atoms with Gasteiger partial charge in [-0.05, 0) is 31.5 Å². The van der Waals surface area contributed by atoms with Crippen molar-refractivity contribution in [2.45, 2.75) is 58.4 Å². The Balaban J connectivity index is 1.80. The molecule has 4 nitrogen and oxygen atoms in total. The van der Waals surface area contributed by atoms with Crippen LogP contribution in [0.3, 0.4) is 0 Å². The summed E-state index contributed by atoms with van der Waals surface area (Å²) in [5, 5.41) is 6.33. The van der Waals surface area contributed by atoms with Crippen molar-refractivity contribution in [2.75, 3.05) is 17.2 Å². The first-order valence-corrected chi connectivity index (χ1v) is 8.02. The maximum atomic E-state index is 11.3. The molecule has 0 spiro atoms. The van der Waals surface area contributed by atoms with Crippen LogP contribution in [0.4, 0.5) is 11.4 Å². The Morgan fingerprint density at radius 2 is 2.10 bits per heavy atom. The van der Waals surface area contributed by atoms with Gasteiger partial charge in [0, 0.05) is 11.7 Å². The molecule has 0 bridgehead atoms. The zero-order valence-corrected chi connectivity index (χ0v) is 13.1. The predicted molar refractivity (Wildman–Crippen MR) is 87.0 cm³/mol. The lowest BCUT2D eigenvalue weighted by molar-refractivity contribution is -0.118. The molecule has 1 heterocycles. The van der Waals surface area contributed by atoms with E-state index >= 15 is 0 Å². The molecular formula is C17H26N2O2. The number of nitrogens with one attached hydrogen (secondary N) is 2. The van der Waals surface area contributed by atoms with Gasteiger partial charge in [-0.25, -0.2) is 0 Å². The van der Waals surface area contributed by atoms with Gasteiger partial charge in [-0.3, -0.25) is 4.79 Å². The summed E-state index contributed by atoms with van der Waals surface area (Å²) in [4.78, 5) is 11.3. The van der Waals surface area contributed by atoms with Gasteiger partial charge in [-0.15, -0.1) is 0 Å². The summed E-state index contributed by atoms with van der Waals surface area (Å²) < 4.78 is 5.36. The van der Waals surface area contributed by atoms with E-state index in [1.54, 1.807) is 0 Å². The van der Waals surface area contributed by atoms with Crippen molar-refractivity contribution < 1.29 is 9.53 Å². The van der Waals surface area contributed by atoms with Gasteiger partial charge in [-0.1, -0.05) is 39.0 Å². The monoisotopic (exact) mass is 290 g/mol. The topological polar surface area (TPSA) is 50.4 Å². The number of hydrogen-bond acceptors (Lipinski definition) is 3. The second-order valence-corrected chi connectivity index (χ2v) is 5.80. The van der Waals surface area contributed by atoms with Gasteiger partial charge >= 0.3 is 0 Å². The highest BCUT2D eigenvalue weighted by molar-refractivity contribution is 5.96. The number of rotatable bonds is 8. The van der Waals surface area contributed by atoms with Crippen LogP contribution in [0.25, 0.3) is 0 Å². The zero-order chi connectivity index (χ0) is 15.1. The van der Waals surface area contributed by atoms with Gasteiger partial charge in [-0.2, -0.15) is 0 Å². The van der Waals surface area contributed by atoms with Crippen molar-refractivity contribution in [3.63, 3.8) is 0 Å². The summed E-state index contributed by atoms with van der Waals surface area (Å²) in [7, 11) is 0. The van der Waals surface area contributed by atoms with Crippen LogP contribution < -0.4 is 15.4 Å². The van der Waals surface area contributed by atoms with E-state index in [0.29, 0.717) is 6.04 Å². The first-order chi connectivity index (χ1) is 10.2. The molecule has 0 radical (unpaired) electrons.